The SMILES string of the molecule is CC(C)N(Cc1cccs1)CC1CCC(C)(C)C1=O. The molecule has 2 nitrogen and oxygen atoms in total. The van der Waals surface area contributed by atoms with Gasteiger partial charge in [-0.05, 0) is 38.1 Å². The highest BCUT2D eigenvalue weighted by atomic mass is 32.1. The Morgan fingerprint density at radius 2 is 2.21 bits per heavy atom. The maximum absolute atomic E-state index is 12.4. The molecule has 106 valence electrons. The minimum atomic E-state index is -0.101. The van der Waals surface area contributed by atoms with E-state index in [4.69, 9.17) is 0 Å². The van der Waals surface area contributed by atoms with Crippen LogP contribution >= 0.6 is 11.3 Å². The fraction of sp³-hybridized carbons (Fsp3) is 0.688. The highest BCUT2D eigenvalue weighted by Crippen LogP contribution is 2.38. The van der Waals surface area contributed by atoms with Crippen molar-refractivity contribution in [3.8, 4) is 0 Å². The van der Waals surface area contributed by atoms with Crippen molar-refractivity contribution < 1.29 is 4.79 Å². The molecule has 1 unspecified atom stereocenters. The van der Waals surface area contributed by atoms with Gasteiger partial charge in [0.15, 0.2) is 0 Å². The minimum Gasteiger partial charge on any atom is -0.299 e. The molecule has 1 aliphatic carbocycles. The highest BCUT2D eigenvalue weighted by Gasteiger charge is 2.40. The van der Waals surface area contributed by atoms with Gasteiger partial charge in [-0.1, -0.05) is 19.9 Å². The van der Waals surface area contributed by atoms with Crippen molar-refractivity contribution in [2.75, 3.05) is 6.54 Å². The lowest BCUT2D eigenvalue weighted by Gasteiger charge is -2.28. The number of hydrogen-bond acceptors (Lipinski definition) is 3. The van der Waals surface area contributed by atoms with E-state index in [1.165, 1.54) is 4.88 Å². The third-order valence-corrected chi connectivity index (χ3v) is 5.14. The van der Waals surface area contributed by atoms with Gasteiger partial charge in [0.2, 0.25) is 0 Å². The Labute approximate surface area is 120 Å². The molecule has 0 radical (unpaired) electrons. The van der Waals surface area contributed by atoms with Gasteiger partial charge in [-0.25, -0.2) is 0 Å². The number of carbonyl (C=O) groups is 1. The molecule has 1 fully saturated rings. The third-order valence-electron chi connectivity index (χ3n) is 4.28. The number of rotatable bonds is 5. The van der Waals surface area contributed by atoms with Crippen molar-refractivity contribution in [2.45, 2.75) is 53.1 Å². The van der Waals surface area contributed by atoms with Gasteiger partial charge in [0.05, 0.1) is 0 Å². The molecule has 0 N–H and O–H groups in total. The summed E-state index contributed by atoms with van der Waals surface area (Å²) >= 11 is 1.80. The van der Waals surface area contributed by atoms with Crippen molar-refractivity contribution in [3.63, 3.8) is 0 Å². The Morgan fingerprint density at radius 3 is 2.68 bits per heavy atom. The summed E-state index contributed by atoms with van der Waals surface area (Å²) in [6, 6.07) is 4.77. The number of nitrogens with zero attached hydrogens (tertiary/aromatic N) is 1. The number of hydrogen-bond donors (Lipinski definition) is 0. The molecule has 1 atom stereocenters. The first kappa shape index (κ1) is 14.7. The average molecular weight is 279 g/mol. The van der Waals surface area contributed by atoms with Crippen molar-refractivity contribution in [1.29, 1.82) is 0 Å². The monoisotopic (exact) mass is 279 g/mol. The van der Waals surface area contributed by atoms with E-state index < -0.39 is 0 Å². The van der Waals surface area contributed by atoms with E-state index in [2.05, 4.69) is 50.1 Å². The molecule has 1 aromatic rings. The number of thiophene rings is 1. The van der Waals surface area contributed by atoms with Crippen LogP contribution in [0.25, 0.3) is 0 Å². The summed E-state index contributed by atoms with van der Waals surface area (Å²) in [5.74, 6) is 0.696. The van der Waals surface area contributed by atoms with Gasteiger partial charge >= 0.3 is 0 Å². The van der Waals surface area contributed by atoms with Crippen LogP contribution in [0.1, 0.15) is 45.4 Å². The molecule has 1 aliphatic rings. The zero-order valence-corrected chi connectivity index (χ0v) is 13.3. The summed E-state index contributed by atoms with van der Waals surface area (Å²) in [4.78, 5) is 16.2. The molecule has 3 heteroatoms. The lowest BCUT2D eigenvalue weighted by Crippen LogP contribution is -2.37. The van der Waals surface area contributed by atoms with Crippen molar-refractivity contribution in [2.24, 2.45) is 11.3 Å². The van der Waals surface area contributed by atoms with Gasteiger partial charge in [-0.3, -0.25) is 9.69 Å². The van der Waals surface area contributed by atoms with Gasteiger partial charge in [-0.15, -0.1) is 11.3 Å². The van der Waals surface area contributed by atoms with Crippen LogP contribution in [0.5, 0.6) is 0 Å². The summed E-state index contributed by atoms with van der Waals surface area (Å²) in [6.07, 6.45) is 2.10. The quantitative estimate of drug-likeness (QED) is 0.813. The van der Waals surface area contributed by atoms with E-state index in [0.717, 1.165) is 25.9 Å². The van der Waals surface area contributed by atoms with Crippen LogP contribution in [0.2, 0.25) is 0 Å². The van der Waals surface area contributed by atoms with Crippen LogP contribution in [0.3, 0.4) is 0 Å². The van der Waals surface area contributed by atoms with Crippen molar-refractivity contribution in [1.82, 2.24) is 4.90 Å². The summed E-state index contributed by atoms with van der Waals surface area (Å²) in [7, 11) is 0. The average Bonchev–Trinajstić information content (AvgIpc) is 2.92. The van der Waals surface area contributed by atoms with Crippen LogP contribution in [-0.4, -0.2) is 23.3 Å². The molecule has 0 aromatic carbocycles. The van der Waals surface area contributed by atoms with E-state index >= 15 is 0 Å². The standard InChI is InChI=1S/C16H25NOS/c1-12(2)17(11-14-6-5-9-19-14)10-13-7-8-16(3,4)15(13)18/h5-6,9,12-13H,7-8,10-11H2,1-4H3. The maximum Gasteiger partial charge on any atom is 0.142 e. The van der Waals surface area contributed by atoms with Crippen LogP contribution < -0.4 is 0 Å². The van der Waals surface area contributed by atoms with Gasteiger partial charge in [0, 0.05) is 35.3 Å². The van der Waals surface area contributed by atoms with Gasteiger partial charge in [0.25, 0.3) is 0 Å². The van der Waals surface area contributed by atoms with E-state index in [-0.39, 0.29) is 11.3 Å². The van der Waals surface area contributed by atoms with E-state index in [0.29, 0.717) is 11.8 Å². The summed E-state index contributed by atoms with van der Waals surface area (Å²) < 4.78 is 0. The molecule has 0 aliphatic heterocycles. The van der Waals surface area contributed by atoms with Gasteiger partial charge in [0.1, 0.15) is 5.78 Å². The second-order valence-corrected chi connectivity index (χ2v) is 7.62. The molecular formula is C16H25NOS. The maximum atomic E-state index is 12.4. The van der Waals surface area contributed by atoms with Gasteiger partial charge < -0.3 is 0 Å². The first-order valence-electron chi connectivity index (χ1n) is 7.21. The summed E-state index contributed by atoms with van der Waals surface area (Å²) in [5, 5.41) is 2.12. The number of carbonyl (C=O) groups excluding carboxylic acids is 1. The normalized spacial score (nSPS) is 22.6. The zero-order chi connectivity index (χ0) is 14.0. The molecule has 0 amide bonds. The van der Waals surface area contributed by atoms with Gasteiger partial charge in [-0.2, -0.15) is 0 Å². The predicted molar refractivity (Wildman–Crippen MR) is 81.4 cm³/mol. The largest absolute Gasteiger partial charge is 0.299 e. The first-order valence-corrected chi connectivity index (χ1v) is 8.09. The topological polar surface area (TPSA) is 20.3 Å². The minimum absolute atomic E-state index is 0.101. The molecule has 0 saturated heterocycles. The van der Waals surface area contributed by atoms with E-state index in [9.17, 15) is 4.79 Å². The molecule has 1 aromatic heterocycles. The fourth-order valence-corrected chi connectivity index (χ4v) is 3.59. The fourth-order valence-electron chi connectivity index (χ4n) is 2.86. The van der Waals surface area contributed by atoms with Crippen LogP contribution in [0, 0.1) is 11.3 Å². The number of ketones is 1. The highest BCUT2D eigenvalue weighted by molar-refractivity contribution is 7.09. The molecule has 1 heterocycles. The van der Waals surface area contributed by atoms with E-state index in [1.807, 2.05) is 0 Å². The Balaban J connectivity index is 2.00. The van der Waals surface area contributed by atoms with Crippen LogP contribution in [-0.2, 0) is 11.3 Å². The zero-order valence-electron chi connectivity index (χ0n) is 12.5. The Kier molecular flexibility index (Phi) is 4.46. The molecule has 0 spiro atoms. The lowest BCUT2D eigenvalue weighted by molar-refractivity contribution is -0.128. The summed E-state index contributed by atoms with van der Waals surface area (Å²) in [6.45, 7) is 10.5. The number of Topliss-reactive ketones (excluding diaryl/α,β-unsaturated/α-hetero) is 1. The molecule has 0 bridgehead atoms. The molecule has 1 saturated carbocycles. The molecule has 19 heavy (non-hydrogen) atoms. The van der Waals surface area contributed by atoms with Crippen molar-refractivity contribution in [3.05, 3.63) is 22.4 Å². The molecular weight excluding hydrogens is 254 g/mol. The lowest BCUT2D eigenvalue weighted by atomic mass is 9.89. The van der Waals surface area contributed by atoms with Crippen molar-refractivity contribution >= 4 is 17.1 Å². The Hall–Kier alpha value is -0.670. The molecule has 2 rings (SSSR count). The van der Waals surface area contributed by atoms with Crippen LogP contribution in [0.4, 0.5) is 0 Å². The Bertz CT molecular complexity index is 422. The second-order valence-electron chi connectivity index (χ2n) is 6.59. The van der Waals surface area contributed by atoms with E-state index in [1.54, 1.807) is 11.3 Å². The summed E-state index contributed by atoms with van der Waals surface area (Å²) in [5.41, 5.74) is -0.101. The predicted octanol–water partition coefficient (Wildman–Crippen LogP) is 3.96. The first-order chi connectivity index (χ1) is 8.90. The van der Waals surface area contributed by atoms with Crippen LogP contribution in [0.15, 0.2) is 17.5 Å². The third kappa shape index (κ3) is 3.46. The second kappa shape index (κ2) is 5.76. The smallest absolute Gasteiger partial charge is 0.142 e. The Morgan fingerprint density at radius 1 is 1.47 bits per heavy atom.